The van der Waals surface area contributed by atoms with E-state index < -0.39 is 29.0 Å². The molecular weight excluding hydrogens is 360 g/mol. The van der Waals surface area contributed by atoms with Crippen LogP contribution < -0.4 is 5.32 Å². The lowest BCUT2D eigenvalue weighted by Gasteiger charge is -2.35. The Hall–Kier alpha value is -1.34. The molecule has 1 N–H and O–H groups in total. The van der Waals surface area contributed by atoms with Crippen molar-refractivity contribution < 1.29 is 22.4 Å². The molecule has 2 aliphatic heterocycles. The topological polar surface area (TPSA) is 32.3 Å². The zero-order chi connectivity index (χ0) is 17.3. The molecule has 1 aromatic rings. The molecule has 8 heteroatoms. The number of carbonyl (C=O) groups excluding carboxylic acids is 1. The molecule has 0 aliphatic carbocycles. The van der Waals surface area contributed by atoms with E-state index in [4.69, 9.17) is 0 Å². The van der Waals surface area contributed by atoms with Gasteiger partial charge in [0.25, 0.3) is 5.91 Å². The minimum absolute atomic E-state index is 0. The molecule has 2 fully saturated rings. The van der Waals surface area contributed by atoms with Crippen molar-refractivity contribution in [1.29, 1.82) is 0 Å². The van der Waals surface area contributed by atoms with Gasteiger partial charge in [-0.15, -0.1) is 12.4 Å². The van der Waals surface area contributed by atoms with Gasteiger partial charge in [-0.25, -0.2) is 4.39 Å². The molecule has 1 unspecified atom stereocenters. The lowest BCUT2D eigenvalue weighted by molar-refractivity contribution is -0.137. The minimum atomic E-state index is -4.59. The Bertz CT molecular complexity index is 609. The summed E-state index contributed by atoms with van der Waals surface area (Å²) < 4.78 is 52.2. The first-order chi connectivity index (χ1) is 11.4. The molecule has 0 bridgehead atoms. The van der Waals surface area contributed by atoms with Crippen molar-refractivity contribution >= 4 is 18.3 Å². The predicted octanol–water partition coefficient (Wildman–Crippen LogP) is 3.87. The van der Waals surface area contributed by atoms with Crippen LogP contribution in [0.4, 0.5) is 17.6 Å². The average molecular weight is 381 g/mol. The van der Waals surface area contributed by atoms with Gasteiger partial charge in [0.2, 0.25) is 0 Å². The normalized spacial score (nSPS) is 21.9. The summed E-state index contributed by atoms with van der Waals surface area (Å²) in [6, 6.07) is 2.45. The monoisotopic (exact) mass is 380 g/mol. The number of carbonyl (C=O) groups is 1. The zero-order valence-electron chi connectivity index (χ0n) is 13.6. The van der Waals surface area contributed by atoms with Crippen molar-refractivity contribution in [3.63, 3.8) is 0 Å². The molecule has 0 aromatic heterocycles. The number of piperidine rings is 1. The quantitative estimate of drug-likeness (QED) is 0.790. The van der Waals surface area contributed by atoms with Crippen LogP contribution >= 0.6 is 12.4 Å². The first-order valence-corrected chi connectivity index (χ1v) is 8.25. The Kier molecular flexibility index (Phi) is 6.32. The third kappa shape index (κ3) is 4.44. The van der Waals surface area contributed by atoms with E-state index >= 15 is 0 Å². The van der Waals surface area contributed by atoms with Crippen molar-refractivity contribution in [2.45, 2.75) is 37.9 Å². The summed E-state index contributed by atoms with van der Waals surface area (Å²) in [4.78, 5) is 13.9. The Balaban J connectivity index is 0.00000225. The van der Waals surface area contributed by atoms with Gasteiger partial charge in [0.15, 0.2) is 0 Å². The van der Waals surface area contributed by atoms with Crippen LogP contribution in [-0.2, 0) is 6.18 Å². The molecule has 0 saturated carbocycles. The molecule has 3 rings (SSSR count). The molecule has 2 heterocycles. The Morgan fingerprint density at radius 1 is 1.16 bits per heavy atom. The standard InChI is InChI=1S/C17H20F4N2O.ClH/c18-14-4-3-12(17(19,20)21)10-13(14)16(24)23-8-5-11(6-9-23)15-2-1-7-22-15;/h3-4,10-11,15,22H,1-2,5-9H2;1H. The summed E-state index contributed by atoms with van der Waals surface area (Å²) in [5.41, 5.74) is -1.50. The number of amides is 1. The van der Waals surface area contributed by atoms with Crippen LogP contribution in [0.1, 0.15) is 41.6 Å². The Morgan fingerprint density at radius 2 is 1.84 bits per heavy atom. The van der Waals surface area contributed by atoms with Crippen LogP contribution in [0.2, 0.25) is 0 Å². The second-order valence-electron chi connectivity index (χ2n) is 6.52. The molecule has 3 nitrogen and oxygen atoms in total. The summed E-state index contributed by atoms with van der Waals surface area (Å²) in [6.45, 7) is 1.92. The number of alkyl halides is 3. The second-order valence-corrected chi connectivity index (χ2v) is 6.52. The molecule has 0 radical (unpaired) electrons. The molecule has 1 aromatic carbocycles. The molecule has 1 atom stereocenters. The van der Waals surface area contributed by atoms with Gasteiger partial charge < -0.3 is 10.2 Å². The number of benzene rings is 1. The highest BCUT2D eigenvalue weighted by Gasteiger charge is 2.34. The molecule has 140 valence electrons. The van der Waals surface area contributed by atoms with Gasteiger partial charge in [-0.1, -0.05) is 0 Å². The first kappa shape index (κ1) is 20.0. The van der Waals surface area contributed by atoms with E-state index in [1.807, 2.05) is 0 Å². The second kappa shape index (κ2) is 7.91. The Morgan fingerprint density at radius 3 is 2.40 bits per heavy atom. The lowest BCUT2D eigenvalue weighted by atomic mass is 9.88. The molecule has 2 saturated heterocycles. The number of nitrogens with zero attached hydrogens (tertiary/aromatic N) is 1. The van der Waals surface area contributed by atoms with Gasteiger partial charge in [-0.3, -0.25) is 4.79 Å². The summed E-state index contributed by atoms with van der Waals surface area (Å²) in [7, 11) is 0. The number of hydrogen-bond donors (Lipinski definition) is 1. The molecule has 0 spiro atoms. The third-order valence-corrected chi connectivity index (χ3v) is 5.02. The number of likely N-dealkylation sites (tertiary alicyclic amines) is 1. The van der Waals surface area contributed by atoms with Crippen LogP contribution in [0.3, 0.4) is 0 Å². The van der Waals surface area contributed by atoms with Gasteiger partial charge in [0.05, 0.1) is 11.1 Å². The van der Waals surface area contributed by atoms with Crippen LogP contribution in [0.5, 0.6) is 0 Å². The highest BCUT2D eigenvalue weighted by atomic mass is 35.5. The Labute approximate surface area is 150 Å². The maximum absolute atomic E-state index is 13.9. The fraction of sp³-hybridized carbons (Fsp3) is 0.588. The van der Waals surface area contributed by atoms with Gasteiger partial charge >= 0.3 is 6.18 Å². The molecule has 25 heavy (non-hydrogen) atoms. The lowest BCUT2D eigenvalue weighted by Crippen LogP contribution is -2.43. The van der Waals surface area contributed by atoms with Crippen molar-refractivity contribution in [2.75, 3.05) is 19.6 Å². The smallest absolute Gasteiger partial charge is 0.339 e. The van der Waals surface area contributed by atoms with Crippen LogP contribution in [0.25, 0.3) is 0 Å². The van der Waals surface area contributed by atoms with E-state index in [-0.39, 0.29) is 12.4 Å². The average Bonchev–Trinajstić information content (AvgIpc) is 3.08. The number of halogens is 5. The first-order valence-electron chi connectivity index (χ1n) is 8.25. The van der Waals surface area contributed by atoms with Gasteiger partial charge in [-0.05, 0) is 56.3 Å². The van der Waals surface area contributed by atoms with E-state index in [2.05, 4.69) is 5.32 Å². The fourth-order valence-corrected chi connectivity index (χ4v) is 3.65. The van der Waals surface area contributed by atoms with Crippen molar-refractivity contribution in [3.05, 3.63) is 35.1 Å². The van der Waals surface area contributed by atoms with E-state index in [9.17, 15) is 22.4 Å². The summed E-state index contributed by atoms with van der Waals surface area (Å²) in [5, 5.41) is 3.45. The number of rotatable bonds is 2. The highest BCUT2D eigenvalue weighted by molar-refractivity contribution is 5.94. The van der Waals surface area contributed by atoms with Crippen molar-refractivity contribution in [2.24, 2.45) is 5.92 Å². The molecular formula is C17H21ClF4N2O. The van der Waals surface area contributed by atoms with Crippen LogP contribution in [-0.4, -0.2) is 36.5 Å². The number of nitrogens with one attached hydrogen (secondary N) is 1. The maximum Gasteiger partial charge on any atom is 0.416 e. The van der Waals surface area contributed by atoms with E-state index in [1.165, 1.54) is 4.90 Å². The zero-order valence-corrected chi connectivity index (χ0v) is 14.4. The SMILES string of the molecule is Cl.O=C(c1cc(C(F)(F)F)ccc1F)N1CCC(C2CCCN2)CC1. The van der Waals surface area contributed by atoms with Crippen molar-refractivity contribution in [1.82, 2.24) is 10.2 Å². The summed E-state index contributed by atoms with van der Waals surface area (Å²) in [6.07, 6.45) is -0.724. The summed E-state index contributed by atoms with van der Waals surface area (Å²) in [5.74, 6) is -1.09. The van der Waals surface area contributed by atoms with Gasteiger partial charge in [0, 0.05) is 19.1 Å². The van der Waals surface area contributed by atoms with Gasteiger partial charge in [0.1, 0.15) is 5.82 Å². The van der Waals surface area contributed by atoms with Crippen LogP contribution in [0, 0.1) is 11.7 Å². The largest absolute Gasteiger partial charge is 0.416 e. The van der Waals surface area contributed by atoms with Gasteiger partial charge in [-0.2, -0.15) is 13.2 Å². The van der Waals surface area contributed by atoms with Crippen molar-refractivity contribution in [3.8, 4) is 0 Å². The minimum Gasteiger partial charge on any atom is -0.339 e. The maximum atomic E-state index is 13.9. The van der Waals surface area contributed by atoms with E-state index in [0.29, 0.717) is 43.2 Å². The molecule has 2 aliphatic rings. The third-order valence-electron chi connectivity index (χ3n) is 5.02. The highest BCUT2D eigenvalue weighted by Crippen LogP contribution is 2.31. The van der Waals surface area contributed by atoms with E-state index in [0.717, 1.165) is 32.2 Å². The predicted molar refractivity (Wildman–Crippen MR) is 88.3 cm³/mol. The van der Waals surface area contributed by atoms with E-state index in [1.54, 1.807) is 0 Å². The molecule has 1 amide bonds. The van der Waals surface area contributed by atoms with Crippen LogP contribution in [0.15, 0.2) is 18.2 Å². The fourth-order valence-electron chi connectivity index (χ4n) is 3.65. The summed E-state index contributed by atoms with van der Waals surface area (Å²) >= 11 is 0. The number of hydrogen-bond acceptors (Lipinski definition) is 2.